The number of aromatic hydroxyl groups is 1. The number of hydrogen-bond acceptors (Lipinski definition) is 5. The number of rotatable bonds is 4. The van der Waals surface area contributed by atoms with E-state index >= 15 is 0 Å². The Bertz CT molecular complexity index is 665. The van der Waals surface area contributed by atoms with Crippen LogP contribution in [0.5, 0.6) is 5.75 Å². The second kappa shape index (κ2) is 5.39. The van der Waals surface area contributed by atoms with E-state index in [1.807, 2.05) is 0 Å². The van der Waals surface area contributed by atoms with Crippen LogP contribution in [0, 0.1) is 10.1 Å². The highest BCUT2D eigenvalue weighted by molar-refractivity contribution is 6.06. The first-order chi connectivity index (χ1) is 9.54. The predicted molar refractivity (Wildman–Crippen MR) is 70.6 cm³/mol. The summed E-state index contributed by atoms with van der Waals surface area (Å²) in [5.41, 5.74) is -0.351. The van der Waals surface area contributed by atoms with Crippen LogP contribution in [0.25, 0.3) is 0 Å². The monoisotopic (exact) mass is 276 g/mol. The van der Waals surface area contributed by atoms with Gasteiger partial charge in [0, 0.05) is 6.54 Å². The maximum absolute atomic E-state index is 12.1. The molecule has 0 saturated heterocycles. The molecule has 0 spiro atoms. The molecule has 8 heteroatoms. The lowest BCUT2D eigenvalue weighted by molar-refractivity contribution is -0.385. The molecule has 8 nitrogen and oxygen atoms in total. The molecular weight excluding hydrogens is 264 g/mol. The van der Waals surface area contributed by atoms with E-state index in [1.165, 1.54) is 16.8 Å². The number of nitrogens with one attached hydrogen (secondary N) is 1. The summed E-state index contributed by atoms with van der Waals surface area (Å²) in [5.74, 6) is -0.816. The molecule has 1 aromatic heterocycles. The molecule has 0 saturated carbocycles. The summed E-state index contributed by atoms with van der Waals surface area (Å²) >= 11 is 0. The topological polar surface area (TPSA) is 110 Å². The molecule has 0 aliphatic carbocycles. The van der Waals surface area contributed by atoms with Gasteiger partial charge in [-0.1, -0.05) is 12.1 Å². The molecule has 0 fully saturated rings. The third-order valence-electron chi connectivity index (χ3n) is 2.68. The Kier molecular flexibility index (Phi) is 3.65. The number of benzene rings is 1. The Labute approximate surface area is 113 Å². The molecule has 0 radical (unpaired) electrons. The van der Waals surface area contributed by atoms with Crippen LogP contribution in [0.3, 0.4) is 0 Å². The zero-order valence-corrected chi connectivity index (χ0v) is 10.6. The zero-order valence-electron chi connectivity index (χ0n) is 10.6. The summed E-state index contributed by atoms with van der Waals surface area (Å²) in [6, 6.07) is 6.12. The number of aromatic nitrogens is 2. The van der Waals surface area contributed by atoms with Crippen molar-refractivity contribution < 1.29 is 14.8 Å². The normalized spacial score (nSPS) is 10.2. The summed E-state index contributed by atoms with van der Waals surface area (Å²) in [6.45, 7) is 2.03. The van der Waals surface area contributed by atoms with Gasteiger partial charge in [0.15, 0.2) is 0 Å². The van der Waals surface area contributed by atoms with E-state index in [-0.39, 0.29) is 22.8 Å². The Balaban J connectivity index is 2.36. The fourth-order valence-electron chi connectivity index (χ4n) is 1.74. The molecule has 1 aromatic carbocycles. The van der Waals surface area contributed by atoms with Crippen molar-refractivity contribution in [3.8, 4) is 5.75 Å². The van der Waals surface area contributed by atoms with Gasteiger partial charge in [0.05, 0.1) is 10.6 Å². The Morgan fingerprint density at radius 3 is 2.80 bits per heavy atom. The van der Waals surface area contributed by atoms with E-state index in [0.717, 1.165) is 6.20 Å². The average molecular weight is 276 g/mol. The number of phenols is 1. The smallest absolute Gasteiger partial charge is 0.320 e. The van der Waals surface area contributed by atoms with Crippen LogP contribution in [0.2, 0.25) is 0 Å². The van der Waals surface area contributed by atoms with Gasteiger partial charge < -0.3 is 10.4 Å². The first-order valence-electron chi connectivity index (χ1n) is 5.84. The number of hydrogen-bond donors (Lipinski definition) is 2. The molecule has 0 atom stereocenters. The number of carbonyl (C=O) groups excluding carboxylic acids is 1. The second-order valence-corrected chi connectivity index (χ2v) is 3.92. The van der Waals surface area contributed by atoms with Crippen LogP contribution in [-0.2, 0) is 6.54 Å². The lowest BCUT2D eigenvalue weighted by Crippen LogP contribution is -2.18. The molecule has 1 amide bonds. The van der Waals surface area contributed by atoms with E-state index in [2.05, 4.69) is 10.4 Å². The SMILES string of the molecule is CCn1ncc([N+](=O)[O-])c1C(=O)Nc1ccccc1O. The predicted octanol–water partition coefficient (Wildman–Crippen LogP) is 1.77. The number of anilines is 1. The molecule has 1 heterocycles. The van der Waals surface area contributed by atoms with Crippen molar-refractivity contribution in [2.75, 3.05) is 5.32 Å². The van der Waals surface area contributed by atoms with Gasteiger partial charge in [0.25, 0.3) is 5.91 Å². The molecule has 2 N–H and O–H groups in total. The Hall–Kier alpha value is -2.90. The van der Waals surface area contributed by atoms with Crippen molar-refractivity contribution in [1.29, 1.82) is 0 Å². The van der Waals surface area contributed by atoms with Crippen molar-refractivity contribution in [2.45, 2.75) is 13.5 Å². The van der Waals surface area contributed by atoms with Gasteiger partial charge in [0.1, 0.15) is 11.9 Å². The minimum atomic E-state index is -0.697. The fourth-order valence-corrected chi connectivity index (χ4v) is 1.74. The summed E-state index contributed by atoms with van der Waals surface area (Å²) in [6.07, 6.45) is 1.03. The maximum atomic E-state index is 12.1. The summed E-state index contributed by atoms with van der Waals surface area (Å²) < 4.78 is 1.23. The standard InChI is InChI=1S/C12H12N4O4/c1-2-15-11(9(7-13-15)16(19)20)12(18)14-8-5-3-4-6-10(8)17/h3-7,17H,2H2,1H3,(H,14,18). The van der Waals surface area contributed by atoms with Crippen molar-refractivity contribution in [3.63, 3.8) is 0 Å². The van der Waals surface area contributed by atoms with E-state index in [1.54, 1.807) is 19.1 Å². The van der Waals surface area contributed by atoms with Gasteiger partial charge >= 0.3 is 5.69 Å². The molecule has 0 unspecified atom stereocenters. The minimum Gasteiger partial charge on any atom is -0.506 e. The zero-order chi connectivity index (χ0) is 14.7. The lowest BCUT2D eigenvalue weighted by atomic mass is 10.2. The van der Waals surface area contributed by atoms with Crippen LogP contribution < -0.4 is 5.32 Å². The number of para-hydroxylation sites is 2. The number of amides is 1. The van der Waals surface area contributed by atoms with Gasteiger partial charge in [0.2, 0.25) is 5.69 Å². The van der Waals surface area contributed by atoms with Crippen LogP contribution in [0.4, 0.5) is 11.4 Å². The maximum Gasteiger partial charge on any atom is 0.320 e. The first-order valence-corrected chi connectivity index (χ1v) is 5.84. The molecule has 2 rings (SSSR count). The van der Waals surface area contributed by atoms with Gasteiger partial charge in [-0.25, -0.2) is 0 Å². The molecule has 0 aliphatic heterocycles. The number of aryl methyl sites for hydroxylation is 1. The largest absolute Gasteiger partial charge is 0.506 e. The highest BCUT2D eigenvalue weighted by Crippen LogP contribution is 2.24. The Morgan fingerprint density at radius 1 is 1.50 bits per heavy atom. The van der Waals surface area contributed by atoms with Gasteiger partial charge in [-0.05, 0) is 19.1 Å². The van der Waals surface area contributed by atoms with E-state index < -0.39 is 10.8 Å². The van der Waals surface area contributed by atoms with Crippen LogP contribution in [0.15, 0.2) is 30.5 Å². The number of phenolic OH excluding ortho intramolecular Hbond substituents is 1. The molecule has 0 bridgehead atoms. The number of nitrogens with zero attached hydrogens (tertiary/aromatic N) is 3. The third kappa shape index (κ3) is 2.44. The summed E-state index contributed by atoms with van der Waals surface area (Å²) in [4.78, 5) is 22.4. The molecule has 2 aromatic rings. The average Bonchev–Trinajstić information content (AvgIpc) is 2.85. The minimum absolute atomic E-state index is 0.119. The fraction of sp³-hybridized carbons (Fsp3) is 0.167. The van der Waals surface area contributed by atoms with E-state index in [9.17, 15) is 20.0 Å². The van der Waals surface area contributed by atoms with Crippen molar-refractivity contribution >= 4 is 17.3 Å². The Morgan fingerprint density at radius 2 is 2.20 bits per heavy atom. The third-order valence-corrected chi connectivity index (χ3v) is 2.68. The number of carbonyl (C=O) groups is 1. The van der Waals surface area contributed by atoms with Crippen molar-refractivity contribution in [2.24, 2.45) is 0 Å². The summed E-state index contributed by atoms with van der Waals surface area (Å²) in [7, 11) is 0. The molecule has 20 heavy (non-hydrogen) atoms. The van der Waals surface area contributed by atoms with Gasteiger partial charge in [-0.3, -0.25) is 19.6 Å². The highest BCUT2D eigenvalue weighted by atomic mass is 16.6. The van der Waals surface area contributed by atoms with Crippen molar-refractivity contribution in [3.05, 3.63) is 46.3 Å². The van der Waals surface area contributed by atoms with Gasteiger partial charge in [-0.15, -0.1) is 0 Å². The van der Waals surface area contributed by atoms with Gasteiger partial charge in [-0.2, -0.15) is 5.10 Å². The van der Waals surface area contributed by atoms with Crippen molar-refractivity contribution in [1.82, 2.24) is 9.78 Å². The molecule has 104 valence electrons. The van der Waals surface area contributed by atoms with E-state index in [4.69, 9.17) is 0 Å². The lowest BCUT2D eigenvalue weighted by Gasteiger charge is -2.07. The van der Waals surface area contributed by atoms with Crippen LogP contribution in [-0.4, -0.2) is 25.7 Å². The van der Waals surface area contributed by atoms with E-state index in [0.29, 0.717) is 6.54 Å². The highest BCUT2D eigenvalue weighted by Gasteiger charge is 2.26. The number of nitro groups is 1. The molecular formula is C12H12N4O4. The summed E-state index contributed by atoms with van der Waals surface area (Å²) in [5, 5.41) is 26.7. The quantitative estimate of drug-likeness (QED) is 0.502. The molecule has 0 aliphatic rings. The van der Waals surface area contributed by atoms with Crippen LogP contribution >= 0.6 is 0 Å². The first kappa shape index (κ1) is 13.5. The second-order valence-electron chi connectivity index (χ2n) is 3.92. The van der Waals surface area contributed by atoms with Crippen LogP contribution in [0.1, 0.15) is 17.4 Å².